The van der Waals surface area contributed by atoms with Crippen molar-refractivity contribution in [1.29, 1.82) is 0 Å². The monoisotopic (exact) mass is 766 g/mol. The summed E-state index contributed by atoms with van der Waals surface area (Å²) in [5.41, 5.74) is 9.92. The smallest absolute Gasteiger partial charge is 0.160 e. The molecule has 0 radical (unpaired) electrons. The van der Waals surface area contributed by atoms with Gasteiger partial charge in [0.1, 0.15) is 0 Å². The fourth-order valence-corrected chi connectivity index (χ4v) is 10.4. The Morgan fingerprint density at radius 2 is 0.864 bits per heavy atom. The highest BCUT2D eigenvalue weighted by Crippen LogP contribution is 2.49. The molecule has 0 aliphatic rings. The molecule has 0 spiro atoms. The third-order valence-corrected chi connectivity index (χ3v) is 13.0. The van der Waals surface area contributed by atoms with Crippen molar-refractivity contribution in [2.75, 3.05) is 0 Å². The van der Waals surface area contributed by atoms with Gasteiger partial charge in [-0.25, -0.2) is 9.97 Å². The standard InChI is InChI=1S/C56H34N2S/c1-3-17-36(18-4-1)52-42-24-11-12-25-43(42)55(54-38-21-8-7-16-35(38)30-31-47(52)54)44-33-32-41(39-22-9-10-23-40(39)44)48-34-49(58-56(57-48)37-19-5-2-6-20-37)45-27-15-29-51-53(45)46-26-13-14-28-50(46)59-51/h1-34H. The quantitative estimate of drug-likeness (QED) is 0.129. The van der Waals surface area contributed by atoms with E-state index >= 15 is 0 Å². The third-order valence-electron chi connectivity index (χ3n) is 11.9. The van der Waals surface area contributed by atoms with Crippen molar-refractivity contribution in [3.63, 3.8) is 0 Å². The van der Waals surface area contributed by atoms with E-state index in [0.717, 1.165) is 33.5 Å². The highest BCUT2D eigenvalue weighted by Gasteiger charge is 2.22. The van der Waals surface area contributed by atoms with Crippen LogP contribution in [0.5, 0.6) is 0 Å². The van der Waals surface area contributed by atoms with Crippen LogP contribution in [-0.4, -0.2) is 9.97 Å². The summed E-state index contributed by atoms with van der Waals surface area (Å²) in [6.45, 7) is 0. The molecule has 2 heterocycles. The van der Waals surface area contributed by atoms with Crippen LogP contribution in [0.2, 0.25) is 0 Å². The zero-order valence-electron chi connectivity index (χ0n) is 31.9. The second-order valence-corrected chi connectivity index (χ2v) is 16.3. The van der Waals surface area contributed by atoms with Crippen molar-refractivity contribution in [2.45, 2.75) is 0 Å². The fraction of sp³-hybridized carbons (Fsp3) is 0. The molecule has 0 saturated carbocycles. The lowest BCUT2D eigenvalue weighted by atomic mass is 9.82. The number of hydrogen-bond donors (Lipinski definition) is 0. The van der Waals surface area contributed by atoms with Crippen LogP contribution in [0.25, 0.3) is 119 Å². The topological polar surface area (TPSA) is 25.8 Å². The molecular weight excluding hydrogens is 733 g/mol. The van der Waals surface area contributed by atoms with Crippen molar-refractivity contribution in [3.05, 3.63) is 206 Å². The molecular formula is C56H34N2S. The molecule has 0 atom stereocenters. The van der Waals surface area contributed by atoms with Crippen LogP contribution in [0.1, 0.15) is 0 Å². The molecule has 12 aromatic rings. The van der Waals surface area contributed by atoms with Gasteiger partial charge in [-0.2, -0.15) is 0 Å². The Bertz CT molecular complexity index is 3610. The van der Waals surface area contributed by atoms with Crippen LogP contribution in [0.15, 0.2) is 206 Å². The second-order valence-electron chi connectivity index (χ2n) is 15.2. The van der Waals surface area contributed by atoms with Crippen LogP contribution in [0, 0.1) is 0 Å². The first-order valence-corrected chi connectivity index (χ1v) is 20.9. The van der Waals surface area contributed by atoms with Gasteiger partial charge in [0.05, 0.1) is 11.4 Å². The van der Waals surface area contributed by atoms with E-state index in [2.05, 4.69) is 200 Å². The fourth-order valence-electron chi connectivity index (χ4n) is 9.31. The molecule has 0 bridgehead atoms. The normalized spacial score (nSPS) is 11.7. The van der Waals surface area contributed by atoms with Gasteiger partial charge >= 0.3 is 0 Å². The maximum atomic E-state index is 5.36. The molecule has 0 aliphatic carbocycles. The molecule has 0 saturated heterocycles. The van der Waals surface area contributed by atoms with Crippen LogP contribution in [0.3, 0.4) is 0 Å². The van der Waals surface area contributed by atoms with Gasteiger partial charge in [-0.1, -0.05) is 188 Å². The molecule has 274 valence electrons. The van der Waals surface area contributed by atoms with E-state index in [4.69, 9.17) is 9.97 Å². The molecule has 59 heavy (non-hydrogen) atoms. The minimum atomic E-state index is 0.711. The Balaban J connectivity index is 1.15. The second kappa shape index (κ2) is 13.6. The molecule has 0 amide bonds. The number of fused-ring (bicyclic) bond motifs is 8. The Morgan fingerprint density at radius 3 is 1.63 bits per heavy atom. The van der Waals surface area contributed by atoms with Gasteiger partial charge in [0, 0.05) is 36.9 Å². The summed E-state index contributed by atoms with van der Waals surface area (Å²) < 4.78 is 2.53. The molecule has 10 aromatic carbocycles. The van der Waals surface area contributed by atoms with Gasteiger partial charge in [0.2, 0.25) is 0 Å². The Kier molecular flexibility index (Phi) is 7.75. The highest BCUT2D eigenvalue weighted by atomic mass is 32.1. The number of rotatable bonds is 5. The first-order chi connectivity index (χ1) is 29.3. The summed E-state index contributed by atoms with van der Waals surface area (Å²) in [6, 6.07) is 74.5. The number of hydrogen-bond acceptors (Lipinski definition) is 3. The summed E-state index contributed by atoms with van der Waals surface area (Å²) >= 11 is 1.83. The SMILES string of the molecule is c1ccc(-c2nc(-c3ccc(-c4c5ccccc5c(-c5ccccc5)c5ccc6ccccc6c45)c4ccccc34)cc(-c3cccc4sc5ccccc5c34)n2)cc1. The number of thiophene rings is 1. The molecule has 0 N–H and O–H groups in total. The predicted molar refractivity (Wildman–Crippen MR) is 252 cm³/mol. The van der Waals surface area contributed by atoms with Crippen LogP contribution in [0.4, 0.5) is 0 Å². The average Bonchev–Trinajstić information content (AvgIpc) is 3.70. The average molecular weight is 767 g/mol. The minimum Gasteiger partial charge on any atom is -0.228 e. The van der Waals surface area contributed by atoms with Gasteiger partial charge in [0.25, 0.3) is 0 Å². The minimum absolute atomic E-state index is 0.711. The van der Waals surface area contributed by atoms with E-state index < -0.39 is 0 Å². The lowest BCUT2D eigenvalue weighted by Gasteiger charge is -2.21. The zero-order valence-corrected chi connectivity index (χ0v) is 32.7. The van der Waals surface area contributed by atoms with E-state index in [9.17, 15) is 0 Å². The first kappa shape index (κ1) is 33.7. The lowest BCUT2D eigenvalue weighted by Crippen LogP contribution is -1.97. The van der Waals surface area contributed by atoms with Crippen molar-refractivity contribution in [1.82, 2.24) is 9.97 Å². The maximum Gasteiger partial charge on any atom is 0.160 e. The summed E-state index contributed by atoms with van der Waals surface area (Å²) in [5, 5.41) is 12.3. The van der Waals surface area contributed by atoms with Gasteiger partial charge in [-0.15, -0.1) is 11.3 Å². The van der Waals surface area contributed by atoms with E-state index in [1.165, 1.54) is 80.1 Å². The maximum absolute atomic E-state index is 5.36. The molecule has 2 aromatic heterocycles. The highest BCUT2D eigenvalue weighted by molar-refractivity contribution is 7.25. The molecule has 0 unspecified atom stereocenters. The van der Waals surface area contributed by atoms with Crippen molar-refractivity contribution in [3.8, 4) is 56.2 Å². The largest absolute Gasteiger partial charge is 0.228 e. The van der Waals surface area contributed by atoms with E-state index in [1.807, 2.05) is 17.4 Å². The summed E-state index contributed by atoms with van der Waals surface area (Å²) in [5.74, 6) is 0.711. The van der Waals surface area contributed by atoms with Crippen LogP contribution < -0.4 is 0 Å². The van der Waals surface area contributed by atoms with E-state index in [0.29, 0.717) is 5.82 Å². The van der Waals surface area contributed by atoms with Crippen LogP contribution in [-0.2, 0) is 0 Å². The first-order valence-electron chi connectivity index (χ1n) is 20.1. The number of nitrogens with zero attached hydrogens (tertiary/aromatic N) is 2. The van der Waals surface area contributed by atoms with E-state index in [1.54, 1.807) is 0 Å². The summed E-state index contributed by atoms with van der Waals surface area (Å²) in [6.07, 6.45) is 0. The lowest BCUT2D eigenvalue weighted by molar-refractivity contribution is 1.19. The molecule has 3 heteroatoms. The molecule has 2 nitrogen and oxygen atoms in total. The van der Waals surface area contributed by atoms with Crippen molar-refractivity contribution in [2.24, 2.45) is 0 Å². The van der Waals surface area contributed by atoms with Gasteiger partial charge in [-0.3, -0.25) is 0 Å². The molecule has 0 aliphatic heterocycles. The third kappa shape index (κ3) is 5.40. The van der Waals surface area contributed by atoms with Crippen LogP contribution >= 0.6 is 11.3 Å². The van der Waals surface area contributed by atoms with Crippen molar-refractivity contribution < 1.29 is 0 Å². The Labute approximate surface area is 345 Å². The molecule has 0 fully saturated rings. The zero-order chi connectivity index (χ0) is 38.9. The van der Waals surface area contributed by atoms with Crippen molar-refractivity contribution >= 4 is 74.6 Å². The molecule has 12 rings (SSSR count). The summed E-state index contributed by atoms with van der Waals surface area (Å²) in [4.78, 5) is 10.7. The Morgan fingerprint density at radius 1 is 0.305 bits per heavy atom. The Hall–Kier alpha value is -7.46. The predicted octanol–water partition coefficient (Wildman–Crippen LogP) is 15.8. The van der Waals surface area contributed by atoms with Gasteiger partial charge in [-0.05, 0) is 83.5 Å². The summed E-state index contributed by atoms with van der Waals surface area (Å²) in [7, 11) is 0. The number of aromatic nitrogens is 2. The van der Waals surface area contributed by atoms with E-state index in [-0.39, 0.29) is 0 Å². The van der Waals surface area contributed by atoms with Gasteiger partial charge in [0.15, 0.2) is 5.82 Å². The van der Waals surface area contributed by atoms with Gasteiger partial charge < -0.3 is 0 Å². The number of benzene rings is 10.